The summed E-state index contributed by atoms with van der Waals surface area (Å²) in [6.45, 7) is 1.99. The standard InChI is InChI=1S/C17H17FN2O3S/c18-13-3-1-11(2-4-13)14-8-24-16(19-14)20-7-12-5-6-23-10-17(12,9-20)15(21)22/h1-4,8,12H,5-7,9-10H2,(H,21,22)/t12-,17+/m0/s1. The second kappa shape index (κ2) is 5.82. The van der Waals surface area contributed by atoms with Crippen molar-refractivity contribution >= 4 is 22.4 Å². The van der Waals surface area contributed by atoms with Crippen molar-refractivity contribution in [2.75, 3.05) is 31.2 Å². The molecule has 1 aromatic carbocycles. The molecule has 0 unspecified atom stereocenters. The number of anilines is 1. The van der Waals surface area contributed by atoms with E-state index in [-0.39, 0.29) is 18.3 Å². The Morgan fingerprint density at radius 3 is 2.92 bits per heavy atom. The van der Waals surface area contributed by atoms with Gasteiger partial charge in [-0.1, -0.05) is 0 Å². The largest absolute Gasteiger partial charge is 0.481 e. The van der Waals surface area contributed by atoms with Gasteiger partial charge in [0, 0.05) is 30.6 Å². The number of fused-ring (bicyclic) bond motifs is 1. The van der Waals surface area contributed by atoms with Crippen LogP contribution in [0.3, 0.4) is 0 Å². The van der Waals surface area contributed by atoms with Crippen molar-refractivity contribution < 1.29 is 19.0 Å². The van der Waals surface area contributed by atoms with Crippen molar-refractivity contribution in [3.63, 3.8) is 0 Å². The van der Waals surface area contributed by atoms with Crippen LogP contribution in [0.1, 0.15) is 6.42 Å². The summed E-state index contributed by atoms with van der Waals surface area (Å²) in [5, 5.41) is 12.4. The number of thiazole rings is 1. The molecule has 0 aliphatic carbocycles. The van der Waals surface area contributed by atoms with Crippen LogP contribution in [0.4, 0.5) is 9.52 Å². The number of carbonyl (C=O) groups is 1. The van der Waals surface area contributed by atoms with E-state index < -0.39 is 11.4 Å². The van der Waals surface area contributed by atoms with Crippen molar-refractivity contribution in [3.8, 4) is 11.3 Å². The van der Waals surface area contributed by atoms with Gasteiger partial charge in [-0.05, 0) is 36.6 Å². The van der Waals surface area contributed by atoms with Crippen LogP contribution in [0, 0.1) is 17.2 Å². The van der Waals surface area contributed by atoms with Crippen molar-refractivity contribution in [3.05, 3.63) is 35.5 Å². The summed E-state index contributed by atoms with van der Waals surface area (Å²) in [6, 6.07) is 6.22. The van der Waals surface area contributed by atoms with Crippen LogP contribution < -0.4 is 4.90 Å². The molecule has 126 valence electrons. The average Bonchev–Trinajstić information content (AvgIpc) is 3.20. The van der Waals surface area contributed by atoms with Gasteiger partial charge in [-0.25, -0.2) is 9.37 Å². The normalized spacial score (nSPS) is 26.4. The van der Waals surface area contributed by atoms with E-state index in [1.165, 1.54) is 23.5 Å². The molecule has 24 heavy (non-hydrogen) atoms. The van der Waals surface area contributed by atoms with Crippen molar-refractivity contribution in [1.82, 2.24) is 4.98 Å². The Morgan fingerprint density at radius 1 is 1.42 bits per heavy atom. The molecular weight excluding hydrogens is 331 g/mol. The Kier molecular flexibility index (Phi) is 3.77. The topological polar surface area (TPSA) is 62.7 Å². The van der Waals surface area contributed by atoms with Gasteiger partial charge in [0.25, 0.3) is 0 Å². The summed E-state index contributed by atoms with van der Waals surface area (Å²) in [5.41, 5.74) is 0.803. The van der Waals surface area contributed by atoms with Gasteiger partial charge in [0.15, 0.2) is 5.13 Å². The van der Waals surface area contributed by atoms with Gasteiger partial charge < -0.3 is 14.7 Å². The van der Waals surface area contributed by atoms with Gasteiger partial charge in [-0.3, -0.25) is 4.79 Å². The SMILES string of the molecule is O=C(O)[C@]12COCC[C@H]1CN(c1nc(-c3ccc(F)cc3)cs1)C2. The molecule has 3 heterocycles. The molecule has 0 radical (unpaired) electrons. The fourth-order valence-corrected chi connectivity index (χ4v) is 4.44. The Bertz CT molecular complexity index is 763. The first kappa shape index (κ1) is 15.5. The maximum atomic E-state index is 13.0. The highest BCUT2D eigenvalue weighted by Crippen LogP contribution is 2.44. The van der Waals surface area contributed by atoms with E-state index in [0.29, 0.717) is 19.7 Å². The summed E-state index contributed by atoms with van der Waals surface area (Å²) < 4.78 is 18.5. The smallest absolute Gasteiger partial charge is 0.314 e. The molecule has 0 bridgehead atoms. The lowest BCUT2D eigenvalue weighted by atomic mass is 9.76. The minimum Gasteiger partial charge on any atom is -0.481 e. The molecule has 0 saturated carbocycles. The fourth-order valence-electron chi connectivity index (χ4n) is 3.60. The molecule has 1 aromatic heterocycles. The highest BCUT2D eigenvalue weighted by molar-refractivity contribution is 7.14. The van der Waals surface area contributed by atoms with Crippen LogP contribution in [-0.2, 0) is 9.53 Å². The van der Waals surface area contributed by atoms with E-state index in [1.54, 1.807) is 12.1 Å². The Balaban J connectivity index is 1.59. The highest BCUT2D eigenvalue weighted by Gasteiger charge is 2.54. The lowest BCUT2D eigenvalue weighted by Crippen LogP contribution is -2.46. The molecule has 2 atom stereocenters. The van der Waals surface area contributed by atoms with Crippen LogP contribution in [0.2, 0.25) is 0 Å². The Labute approximate surface area is 142 Å². The molecule has 2 aliphatic rings. The first-order valence-corrected chi connectivity index (χ1v) is 8.74. The monoisotopic (exact) mass is 348 g/mol. The van der Waals surface area contributed by atoms with Crippen molar-refractivity contribution in [2.24, 2.45) is 11.3 Å². The van der Waals surface area contributed by atoms with Gasteiger partial charge >= 0.3 is 5.97 Å². The number of halogens is 1. The van der Waals surface area contributed by atoms with Crippen LogP contribution in [0.15, 0.2) is 29.6 Å². The van der Waals surface area contributed by atoms with E-state index in [0.717, 1.165) is 22.8 Å². The van der Waals surface area contributed by atoms with Crippen molar-refractivity contribution in [1.29, 1.82) is 0 Å². The van der Waals surface area contributed by atoms with E-state index in [2.05, 4.69) is 4.98 Å². The number of nitrogens with zero attached hydrogens (tertiary/aromatic N) is 2. The van der Waals surface area contributed by atoms with Gasteiger partial charge in [0.2, 0.25) is 0 Å². The Morgan fingerprint density at radius 2 is 2.21 bits per heavy atom. The molecular formula is C17H17FN2O3S. The highest BCUT2D eigenvalue weighted by atomic mass is 32.1. The maximum absolute atomic E-state index is 13.0. The van der Waals surface area contributed by atoms with Crippen molar-refractivity contribution in [2.45, 2.75) is 6.42 Å². The van der Waals surface area contributed by atoms with E-state index in [1.807, 2.05) is 10.3 Å². The van der Waals surface area contributed by atoms with Crippen LogP contribution >= 0.6 is 11.3 Å². The molecule has 0 amide bonds. The molecule has 2 saturated heterocycles. The van der Waals surface area contributed by atoms with Crippen LogP contribution in [-0.4, -0.2) is 42.4 Å². The minimum absolute atomic E-state index is 0.0851. The number of aliphatic carboxylic acids is 1. The van der Waals surface area contributed by atoms with Gasteiger partial charge in [0.1, 0.15) is 11.2 Å². The van der Waals surface area contributed by atoms with Crippen LogP contribution in [0.25, 0.3) is 11.3 Å². The molecule has 2 fully saturated rings. The number of hydrogen-bond acceptors (Lipinski definition) is 5. The first-order chi connectivity index (χ1) is 11.6. The molecule has 1 N–H and O–H groups in total. The van der Waals surface area contributed by atoms with Crippen LogP contribution in [0.5, 0.6) is 0 Å². The minimum atomic E-state index is -0.833. The third-order valence-electron chi connectivity index (χ3n) is 4.99. The third-order valence-corrected chi connectivity index (χ3v) is 5.90. The molecule has 5 nitrogen and oxygen atoms in total. The van der Waals surface area contributed by atoms with E-state index >= 15 is 0 Å². The second-order valence-corrected chi connectivity index (χ2v) is 7.24. The predicted molar refractivity (Wildman–Crippen MR) is 88.7 cm³/mol. The maximum Gasteiger partial charge on any atom is 0.314 e. The molecule has 0 spiro atoms. The average molecular weight is 348 g/mol. The predicted octanol–water partition coefficient (Wildman–Crippen LogP) is 2.88. The van der Waals surface area contributed by atoms with Gasteiger partial charge in [-0.15, -0.1) is 11.3 Å². The second-order valence-electron chi connectivity index (χ2n) is 6.40. The zero-order valence-electron chi connectivity index (χ0n) is 12.9. The summed E-state index contributed by atoms with van der Waals surface area (Å²) >= 11 is 1.49. The first-order valence-electron chi connectivity index (χ1n) is 7.86. The van der Waals surface area contributed by atoms with E-state index in [4.69, 9.17) is 4.74 Å². The molecule has 2 aromatic rings. The summed E-state index contributed by atoms with van der Waals surface area (Å²) in [7, 11) is 0. The molecule has 2 aliphatic heterocycles. The lowest BCUT2D eigenvalue weighted by molar-refractivity contribution is -0.159. The van der Waals surface area contributed by atoms with E-state index in [9.17, 15) is 14.3 Å². The number of ether oxygens (including phenoxy) is 1. The van der Waals surface area contributed by atoms with Gasteiger partial charge in [-0.2, -0.15) is 0 Å². The fraction of sp³-hybridized carbons (Fsp3) is 0.412. The number of aromatic nitrogens is 1. The zero-order chi connectivity index (χ0) is 16.7. The number of carboxylic acid groups (broad SMARTS) is 1. The number of hydrogen-bond donors (Lipinski definition) is 1. The lowest BCUT2D eigenvalue weighted by Gasteiger charge is -2.33. The molecule has 4 rings (SSSR count). The summed E-state index contributed by atoms with van der Waals surface area (Å²) in [5.74, 6) is -0.979. The number of benzene rings is 1. The summed E-state index contributed by atoms with van der Waals surface area (Å²) in [4.78, 5) is 18.5. The number of carboxylic acids is 1. The molecule has 7 heteroatoms. The van der Waals surface area contributed by atoms with Gasteiger partial charge in [0.05, 0.1) is 12.3 Å². The summed E-state index contributed by atoms with van der Waals surface area (Å²) in [6.07, 6.45) is 0.763. The quantitative estimate of drug-likeness (QED) is 0.924. The number of rotatable bonds is 3. The third kappa shape index (κ3) is 2.48. The Hall–Kier alpha value is -1.99. The zero-order valence-corrected chi connectivity index (χ0v) is 13.8.